The third kappa shape index (κ3) is 3.14. The van der Waals surface area contributed by atoms with Crippen LogP contribution in [0.5, 0.6) is 0 Å². The lowest BCUT2D eigenvalue weighted by atomic mass is 10.1. The van der Waals surface area contributed by atoms with Crippen molar-refractivity contribution in [3.63, 3.8) is 0 Å². The van der Waals surface area contributed by atoms with Gasteiger partial charge in [-0.2, -0.15) is 5.10 Å². The number of hydrogen-bond donors (Lipinski definition) is 2. The highest BCUT2D eigenvalue weighted by Crippen LogP contribution is 2.25. The third-order valence-electron chi connectivity index (χ3n) is 3.08. The van der Waals surface area contributed by atoms with Gasteiger partial charge in [-0.25, -0.2) is 0 Å². The Kier molecular flexibility index (Phi) is 4.34. The highest BCUT2D eigenvalue weighted by Gasteiger charge is 2.07. The molecule has 106 valence electrons. The number of rotatable bonds is 4. The standard InChI is InChI=1S/C14H18N4OS/c1-9-6-11(14(15)17-19)4-5-12(9)8-20-13-7-10(2)16-18(13)3/h4-7,19H,8H2,1-3H3,(H2,15,17). The largest absolute Gasteiger partial charge is 0.409 e. The summed E-state index contributed by atoms with van der Waals surface area (Å²) in [6, 6.07) is 7.88. The Morgan fingerprint density at radius 3 is 2.70 bits per heavy atom. The summed E-state index contributed by atoms with van der Waals surface area (Å²) < 4.78 is 1.89. The maximum absolute atomic E-state index is 8.68. The van der Waals surface area contributed by atoms with Crippen molar-refractivity contribution in [3.05, 3.63) is 46.6 Å². The van der Waals surface area contributed by atoms with Gasteiger partial charge in [0.1, 0.15) is 0 Å². The van der Waals surface area contributed by atoms with Crippen LogP contribution in [-0.2, 0) is 12.8 Å². The molecule has 0 unspecified atom stereocenters. The minimum atomic E-state index is 0.134. The van der Waals surface area contributed by atoms with Gasteiger partial charge >= 0.3 is 0 Å². The zero-order valence-corrected chi connectivity index (χ0v) is 12.6. The molecule has 6 heteroatoms. The first-order chi connectivity index (χ1) is 9.51. The first-order valence-electron chi connectivity index (χ1n) is 6.22. The van der Waals surface area contributed by atoms with E-state index in [1.54, 1.807) is 11.8 Å². The van der Waals surface area contributed by atoms with Crippen molar-refractivity contribution in [2.24, 2.45) is 17.9 Å². The lowest BCUT2D eigenvalue weighted by molar-refractivity contribution is 0.318. The molecular weight excluding hydrogens is 272 g/mol. The lowest BCUT2D eigenvalue weighted by Crippen LogP contribution is -2.13. The number of nitrogens with zero attached hydrogens (tertiary/aromatic N) is 3. The van der Waals surface area contributed by atoms with E-state index in [1.807, 2.05) is 43.8 Å². The minimum absolute atomic E-state index is 0.134. The number of aryl methyl sites for hydroxylation is 3. The number of thioether (sulfide) groups is 1. The molecule has 0 atom stereocenters. The molecule has 0 amide bonds. The van der Waals surface area contributed by atoms with Crippen LogP contribution in [0, 0.1) is 13.8 Å². The molecule has 0 fully saturated rings. The average Bonchev–Trinajstić information content (AvgIpc) is 2.74. The van der Waals surface area contributed by atoms with E-state index < -0.39 is 0 Å². The van der Waals surface area contributed by atoms with Gasteiger partial charge in [-0.1, -0.05) is 17.3 Å². The highest BCUT2D eigenvalue weighted by atomic mass is 32.2. The van der Waals surface area contributed by atoms with Gasteiger partial charge in [-0.05, 0) is 37.1 Å². The number of benzene rings is 1. The Balaban J connectivity index is 2.12. The van der Waals surface area contributed by atoms with E-state index in [0.717, 1.165) is 27.6 Å². The summed E-state index contributed by atoms with van der Waals surface area (Å²) in [6.07, 6.45) is 0. The molecule has 0 aliphatic carbocycles. The zero-order chi connectivity index (χ0) is 14.7. The fraction of sp³-hybridized carbons (Fsp3) is 0.286. The van der Waals surface area contributed by atoms with Crippen LogP contribution < -0.4 is 5.73 Å². The molecule has 0 bridgehead atoms. The number of nitrogens with two attached hydrogens (primary N) is 1. The van der Waals surface area contributed by atoms with Crippen LogP contribution in [0.25, 0.3) is 0 Å². The van der Waals surface area contributed by atoms with E-state index in [0.29, 0.717) is 0 Å². The van der Waals surface area contributed by atoms with Crippen molar-refractivity contribution in [1.29, 1.82) is 0 Å². The second kappa shape index (κ2) is 6.00. The number of aromatic nitrogens is 2. The maximum Gasteiger partial charge on any atom is 0.170 e. The van der Waals surface area contributed by atoms with Crippen molar-refractivity contribution in [2.75, 3.05) is 0 Å². The molecule has 2 aromatic rings. The Morgan fingerprint density at radius 1 is 1.40 bits per heavy atom. The smallest absolute Gasteiger partial charge is 0.170 e. The van der Waals surface area contributed by atoms with Crippen molar-refractivity contribution >= 4 is 17.6 Å². The Bertz CT molecular complexity index is 649. The fourth-order valence-corrected chi connectivity index (χ4v) is 3.06. The quantitative estimate of drug-likeness (QED) is 0.298. The summed E-state index contributed by atoms with van der Waals surface area (Å²) in [5, 5.41) is 17.2. The normalized spacial score (nSPS) is 11.8. The second-order valence-electron chi connectivity index (χ2n) is 4.66. The van der Waals surface area contributed by atoms with Gasteiger partial charge in [0.05, 0.1) is 10.7 Å². The summed E-state index contributed by atoms with van der Waals surface area (Å²) in [5.74, 6) is 0.996. The predicted molar refractivity (Wildman–Crippen MR) is 81.2 cm³/mol. The molecule has 0 radical (unpaired) electrons. The predicted octanol–water partition coefficient (Wildman–Crippen LogP) is 2.42. The van der Waals surface area contributed by atoms with Crippen LogP contribution in [-0.4, -0.2) is 20.8 Å². The van der Waals surface area contributed by atoms with Gasteiger partial charge in [0.25, 0.3) is 0 Å². The van der Waals surface area contributed by atoms with Gasteiger partial charge in [-0.15, -0.1) is 11.8 Å². The monoisotopic (exact) mass is 290 g/mol. The van der Waals surface area contributed by atoms with Gasteiger partial charge < -0.3 is 10.9 Å². The number of hydrogen-bond acceptors (Lipinski definition) is 4. The van der Waals surface area contributed by atoms with E-state index in [2.05, 4.69) is 16.3 Å². The minimum Gasteiger partial charge on any atom is -0.409 e. The molecule has 3 N–H and O–H groups in total. The van der Waals surface area contributed by atoms with Crippen molar-refractivity contribution in [1.82, 2.24) is 9.78 Å². The zero-order valence-electron chi connectivity index (χ0n) is 11.8. The van der Waals surface area contributed by atoms with Crippen LogP contribution in [0.2, 0.25) is 0 Å². The first kappa shape index (κ1) is 14.5. The molecule has 0 spiro atoms. The molecule has 5 nitrogen and oxygen atoms in total. The fourth-order valence-electron chi connectivity index (χ4n) is 1.95. The Hall–Kier alpha value is -1.95. The van der Waals surface area contributed by atoms with Crippen LogP contribution >= 0.6 is 11.8 Å². The van der Waals surface area contributed by atoms with Crippen LogP contribution in [0.1, 0.15) is 22.4 Å². The molecule has 1 heterocycles. The summed E-state index contributed by atoms with van der Waals surface area (Å²) >= 11 is 1.74. The molecule has 2 rings (SSSR count). The van der Waals surface area contributed by atoms with E-state index in [4.69, 9.17) is 10.9 Å². The maximum atomic E-state index is 8.68. The van der Waals surface area contributed by atoms with E-state index in [1.165, 1.54) is 5.56 Å². The van der Waals surface area contributed by atoms with Crippen LogP contribution in [0.3, 0.4) is 0 Å². The molecule has 0 saturated carbocycles. The van der Waals surface area contributed by atoms with Crippen LogP contribution in [0.4, 0.5) is 0 Å². The van der Waals surface area contributed by atoms with E-state index in [-0.39, 0.29) is 5.84 Å². The lowest BCUT2D eigenvalue weighted by Gasteiger charge is -2.08. The topological polar surface area (TPSA) is 76.4 Å². The first-order valence-corrected chi connectivity index (χ1v) is 7.20. The molecule has 1 aromatic heterocycles. The Morgan fingerprint density at radius 2 is 2.15 bits per heavy atom. The second-order valence-corrected chi connectivity index (χ2v) is 5.66. The summed E-state index contributed by atoms with van der Waals surface area (Å²) in [7, 11) is 1.95. The van der Waals surface area contributed by atoms with Gasteiger partial charge in [0.2, 0.25) is 0 Å². The van der Waals surface area contributed by atoms with E-state index in [9.17, 15) is 0 Å². The summed E-state index contributed by atoms with van der Waals surface area (Å²) in [4.78, 5) is 0. The average molecular weight is 290 g/mol. The molecule has 20 heavy (non-hydrogen) atoms. The number of oxime groups is 1. The molecule has 0 saturated heterocycles. The van der Waals surface area contributed by atoms with E-state index >= 15 is 0 Å². The van der Waals surface area contributed by atoms with Crippen molar-refractivity contribution < 1.29 is 5.21 Å². The molecule has 0 aliphatic heterocycles. The van der Waals surface area contributed by atoms with Gasteiger partial charge in [0, 0.05) is 18.4 Å². The summed E-state index contributed by atoms with van der Waals surface area (Å²) in [6.45, 7) is 4.01. The van der Waals surface area contributed by atoms with Gasteiger partial charge in [-0.3, -0.25) is 4.68 Å². The van der Waals surface area contributed by atoms with Crippen molar-refractivity contribution in [2.45, 2.75) is 24.6 Å². The molecule has 0 aliphatic rings. The SMILES string of the molecule is Cc1cc(SCc2ccc(/C(N)=N/O)cc2C)n(C)n1. The summed E-state index contributed by atoms with van der Waals surface area (Å²) in [5.41, 5.74) is 9.69. The van der Waals surface area contributed by atoms with Gasteiger partial charge in [0.15, 0.2) is 5.84 Å². The molecule has 1 aromatic carbocycles. The van der Waals surface area contributed by atoms with Crippen molar-refractivity contribution in [3.8, 4) is 0 Å². The van der Waals surface area contributed by atoms with Crippen LogP contribution in [0.15, 0.2) is 34.4 Å². The highest BCUT2D eigenvalue weighted by molar-refractivity contribution is 7.98. The molecular formula is C14H18N4OS. The Labute approximate surface area is 122 Å². The number of amidine groups is 1. The third-order valence-corrected chi connectivity index (χ3v) is 4.21.